The quantitative estimate of drug-likeness (QED) is 0.556. The Balaban J connectivity index is 0.00000169. The van der Waals surface area contributed by atoms with Gasteiger partial charge in [-0.2, -0.15) is 0 Å². The Kier molecular flexibility index (Phi) is 6.09. The molecule has 3 heteroatoms. The third-order valence-corrected chi connectivity index (χ3v) is 2.70. The van der Waals surface area contributed by atoms with Crippen molar-refractivity contribution >= 4 is 0 Å². The van der Waals surface area contributed by atoms with Crippen LogP contribution in [0.1, 0.15) is 25.7 Å². The zero-order valence-electron chi connectivity index (χ0n) is 8.51. The normalized spacial score (nSPS) is 21.4. The number of aliphatic hydroxyl groups is 1. The van der Waals surface area contributed by atoms with E-state index in [4.69, 9.17) is 0 Å². The van der Waals surface area contributed by atoms with E-state index in [0.717, 1.165) is 19.4 Å². The van der Waals surface area contributed by atoms with Crippen LogP contribution in [0.2, 0.25) is 0 Å². The maximum atomic E-state index is 10.3. The third kappa shape index (κ3) is 3.12. The lowest BCUT2D eigenvalue weighted by atomic mass is 9.86. The molecule has 82 valence electrons. The second-order valence-corrected chi connectivity index (χ2v) is 3.74. The fourth-order valence-electron chi connectivity index (χ4n) is 2.01. The van der Waals surface area contributed by atoms with Crippen molar-refractivity contribution in [2.75, 3.05) is 6.54 Å². The van der Waals surface area contributed by atoms with Crippen molar-refractivity contribution in [3.63, 3.8) is 0 Å². The first-order chi connectivity index (χ1) is 6.23. The van der Waals surface area contributed by atoms with E-state index in [0.29, 0.717) is 12.8 Å². The molecule has 0 radical (unpaired) electrons. The van der Waals surface area contributed by atoms with Crippen molar-refractivity contribution < 1.29 is 17.5 Å². The fraction of sp³-hybridized carbons (Fsp3) is 0.636. The van der Waals surface area contributed by atoms with Gasteiger partial charge in [0.2, 0.25) is 0 Å². The molecule has 0 bridgehead atoms. The summed E-state index contributed by atoms with van der Waals surface area (Å²) in [6.45, 7) is 8.37. The Labute approximate surface area is 92.5 Å². The van der Waals surface area contributed by atoms with Gasteiger partial charge >= 0.3 is 0 Å². The van der Waals surface area contributed by atoms with Crippen LogP contribution >= 0.6 is 0 Å². The van der Waals surface area contributed by atoms with Gasteiger partial charge in [-0.1, -0.05) is 12.2 Å². The highest BCUT2D eigenvalue weighted by Gasteiger charge is 2.35. The molecule has 2 nitrogen and oxygen atoms in total. The van der Waals surface area contributed by atoms with E-state index in [9.17, 15) is 5.11 Å². The van der Waals surface area contributed by atoms with Crippen molar-refractivity contribution in [2.24, 2.45) is 0 Å². The van der Waals surface area contributed by atoms with Gasteiger partial charge in [0, 0.05) is 6.04 Å². The maximum Gasteiger partial charge on any atom is 0.0868 e. The average molecular weight is 217 g/mol. The lowest BCUT2D eigenvalue weighted by Crippen LogP contribution is -3.00. The van der Waals surface area contributed by atoms with Crippen molar-refractivity contribution in [1.29, 1.82) is 0 Å². The molecule has 14 heavy (non-hydrogen) atoms. The van der Waals surface area contributed by atoms with Gasteiger partial charge in [-0.3, -0.25) is 0 Å². The molecule has 0 saturated carbocycles. The highest BCUT2D eigenvalue weighted by Crippen LogP contribution is 2.26. The van der Waals surface area contributed by atoms with Crippen LogP contribution in [0.25, 0.3) is 0 Å². The molecule has 0 aromatic rings. The van der Waals surface area contributed by atoms with Crippen molar-refractivity contribution in [3.05, 3.63) is 25.3 Å². The predicted molar refractivity (Wildman–Crippen MR) is 55.6 cm³/mol. The lowest BCUT2D eigenvalue weighted by molar-refractivity contribution is -0.0000291. The highest BCUT2D eigenvalue weighted by atomic mass is 35.5. The third-order valence-electron chi connectivity index (χ3n) is 2.70. The molecule has 2 N–H and O–H groups in total. The number of rotatable bonds is 5. The zero-order valence-corrected chi connectivity index (χ0v) is 9.26. The molecule has 1 saturated heterocycles. The summed E-state index contributed by atoms with van der Waals surface area (Å²) in [7, 11) is 0. The molecule has 0 spiro atoms. The van der Waals surface area contributed by atoms with Gasteiger partial charge in [0.15, 0.2) is 0 Å². The van der Waals surface area contributed by atoms with Crippen LogP contribution in [0.4, 0.5) is 0 Å². The Morgan fingerprint density at radius 2 is 1.93 bits per heavy atom. The molecule has 1 fully saturated rings. The van der Waals surface area contributed by atoms with Crippen molar-refractivity contribution in [2.45, 2.75) is 37.3 Å². The highest BCUT2D eigenvalue weighted by molar-refractivity contribution is 5.01. The van der Waals surface area contributed by atoms with Crippen LogP contribution in [-0.4, -0.2) is 23.3 Å². The molecule has 1 rings (SSSR count). The van der Waals surface area contributed by atoms with E-state index < -0.39 is 5.60 Å². The number of nitrogens with one attached hydrogen (secondary N) is 1. The number of halogens is 1. The molecule has 1 unspecified atom stereocenters. The van der Waals surface area contributed by atoms with Crippen LogP contribution in [0.5, 0.6) is 0 Å². The SMILES string of the molecule is C=CCC(O)(CC=C)C1CCCN1.[Cl-]. The van der Waals surface area contributed by atoms with Gasteiger partial charge < -0.3 is 22.8 Å². The minimum Gasteiger partial charge on any atom is -1.00 e. The van der Waals surface area contributed by atoms with Crippen molar-refractivity contribution in [1.82, 2.24) is 5.32 Å². The molecule has 1 aliphatic rings. The van der Waals surface area contributed by atoms with Crippen LogP contribution in [-0.2, 0) is 0 Å². The minimum absolute atomic E-state index is 0. The zero-order chi connectivity index (χ0) is 9.73. The first kappa shape index (κ1) is 13.7. The molecular weight excluding hydrogens is 198 g/mol. The lowest BCUT2D eigenvalue weighted by Gasteiger charge is -2.32. The van der Waals surface area contributed by atoms with Crippen LogP contribution < -0.4 is 17.7 Å². The smallest absolute Gasteiger partial charge is 0.0868 e. The Morgan fingerprint density at radius 3 is 2.29 bits per heavy atom. The predicted octanol–water partition coefficient (Wildman–Crippen LogP) is -1.37. The summed E-state index contributed by atoms with van der Waals surface area (Å²) in [6, 6.07) is 0.212. The van der Waals surface area contributed by atoms with E-state index in [1.54, 1.807) is 12.2 Å². The monoisotopic (exact) mass is 216 g/mol. The molecule has 1 atom stereocenters. The molecule has 0 aromatic heterocycles. The Morgan fingerprint density at radius 1 is 1.36 bits per heavy atom. The first-order valence-corrected chi connectivity index (χ1v) is 4.90. The van der Waals surface area contributed by atoms with Crippen LogP contribution in [0.3, 0.4) is 0 Å². The van der Waals surface area contributed by atoms with E-state index in [2.05, 4.69) is 18.5 Å². The van der Waals surface area contributed by atoms with E-state index >= 15 is 0 Å². The average Bonchev–Trinajstić information content (AvgIpc) is 2.57. The largest absolute Gasteiger partial charge is 1.00 e. The Bertz CT molecular complexity index is 178. The van der Waals surface area contributed by atoms with Gasteiger partial charge in [0.25, 0.3) is 0 Å². The van der Waals surface area contributed by atoms with E-state index in [-0.39, 0.29) is 18.4 Å². The summed E-state index contributed by atoms with van der Waals surface area (Å²) < 4.78 is 0. The second kappa shape index (κ2) is 6.23. The summed E-state index contributed by atoms with van der Waals surface area (Å²) in [5, 5.41) is 13.6. The topological polar surface area (TPSA) is 32.3 Å². The molecule has 0 aromatic carbocycles. The minimum atomic E-state index is -0.667. The summed E-state index contributed by atoms with van der Waals surface area (Å²) in [6.07, 6.45) is 7.04. The summed E-state index contributed by atoms with van der Waals surface area (Å²) >= 11 is 0. The summed E-state index contributed by atoms with van der Waals surface area (Å²) in [5.74, 6) is 0. The van der Waals surface area contributed by atoms with Gasteiger partial charge in [-0.05, 0) is 32.2 Å². The first-order valence-electron chi connectivity index (χ1n) is 4.90. The fourth-order valence-corrected chi connectivity index (χ4v) is 2.01. The van der Waals surface area contributed by atoms with Crippen molar-refractivity contribution in [3.8, 4) is 0 Å². The van der Waals surface area contributed by atoms with Crippen LogP contribution in [0.15, 0.2) is 25.3 Å². The standard InChI is InChI=1S/C11H19NO.ClH/c1-3-7-11(13,8-4-2)10-6-5-9-12-10;/h3-4,10,12-13H,1-2,5-9H2;1H/p-1. The van der Waals surface area contributed by atoms with Crippen LogP contribution in [0, 0.1) is 0 Å². The van der Waals surface area contributed by atoms with Gasteiger partial charge in [-0.25, -0.2) is 0 Å². The Hall–Kier alpha value is -0.310. The molecule has 0 aliphatic carbocycles. The molecule has 0 amide bonds. The maximum absolute atomic E-state index is 10.3. The number of hydrogen-bond donors (Lipinski definition) is 2. The van der Waals surface area contributed by atoms with Gasteiger partial charge in [0.05, 0.1) is 5.60 Å². The number of hydrogen-bond acceptors (Lipinski definition) is 2. The molecule has 1 heterocycles. The second-order valence-electron chi connectivity index (χ2n) is 3.74. The summed E-state index contributed by atoms with van der Waals surface area (Å²) in [4.78, 5) is 0. The van der Waals surface area contributed by atoms with E-state index in [1.807, 2.05) is 0 Å². The molecular formula is C11H19ClNO-. The van der Waals surface area contributed by atoms with Gasteiger partial charge in [0.1, 0.15) is 0 Å². The van der Waals surface area contributed by atoms with Gasteiger partial charge in [-0.15, -0.1) is 13.2 Å². The van der Waals surface area contributed by atoms with E-state index in [1.165, 1.54) is 0 Å². The molecule has 1 aliphatic heterocycles. The summed E-state index contributed by atoms with van der Waals surface area (Å²) in [5.41, 5.74) is -0.667.